The molecule has 1 aromatic rings. The fraction of sp³-hybridized carbons (Fsp3) is 0.625. The van der Waals surface area contributed by atoms with Crippen LogP contribution in [0.4, 0.5) is 0 Å². The molecule has 1 aromatic carbocycles. The number of hydrogen-bond acceptors (Lipinski definition) is 2. The average molecular weight is 244 g/mol. The average Bonchev–Trinajstić information content (AvgIpc) is 3.02. The maximum atomic E-state index is 3.65. The quantitative estimate of drug-likeness (QED) is 0.879. The van der Waals surface area contributed by atoms with E-state index in [4.69, 9.17) is 0 Å². The molecule has 3 atom stereocenters. The molecule has 2 aliphatic heterocycles. The standard InChI is InChI=1S/C16H24N2/c1-13-7-9-17-16(13)12-18-10-8-15(11-18)14-5-3-2-4-6-14/h2-6,13,15-17H,7-12H2,1H3. The van der Waals surface area contributed by atoms with E-state index >= 15 is 0 Å². The van der Waals surface area contributed by atoms with Crippen molar-refractivity contribution in [2.45, 2.75) is 31.7 Å². The first-order chi connectivity index (χ1) is 8.83. The van der Waals surface area contributed by atoms with E-state index in [1.807, 2.05) is 0 Å². The second kappa shape index (κ2) is 5.41. The molecule has 2 aliphatic rings. The minimum absolute atomic E-state index is 0.722. The van der Waals surface area contributed by atoms with E-state index in [0.717, 1.165) is 17.9 Å². The zero-order chi connectivity index (χ0) is 12.4. The van der Waals surface area contributed by atoms with Crippen LogP contribution in [0.1, 0.15) is 31.2 Å². The van der Waals surface area contributed by atoms with Crippen LogP contribution in [-0.2, 0) is 0 Å². The van der Waals surface area contributed by atoms with Gasteiger partial charge in [-0.3, -0.25) is 0 Å². The lowest BCUT2D eigenvalue weighted by atomic mass is 9.99. The molecule has 0 amide bonds. The van der Waals surface area contributed by atoms with Crippen molar-refractivity contribution in [2.75, 3.05) is 26.2 Å². The van der Waals surface area contributed by atoms with E-state index in [-0.39, 0.29) is 0 Å². The summed E-state index contributed by atoms with van der Waals surface area (Å²) in [6.07, 6.45) is 2.67. The zero-order valence-corrected chi connectivity index (χ0v) is 11.3. The summed E-state index contributed by atoms with van der Waals surface area (Å²) < 4.78 is 0. The van der Waals surface area contributed by atoms with E-state index in [1.165, 1.54) is 44.6 Å². The Bertz CT molecular complexity index is 376. The smallest absolute Gasteiger partial charge is 0.0221 e. The summed E-state index contributed by atoms with van der Waals surface area (Å²) in [6.45, 7) is 7.35. The predicted molar refractivity (Wildman–Crippen MR) is 75.8 cm³/mol. The van der Waals surface area contributed by atoms with Crippen LogP contribution in [0.15, 0.2) is 30.3 Å². The monoisotopic (exact) mass is 244 g/mol. The van der Waals surface area contributed by atoms with Gasteiger partial charge in [0, 0.05) is 19.1 Å². The molecule has 0 saturated carbocycles. The Hall–Kier alpha value is -0.860. The second-order valence-electron chi connectivity index (χ2n) is 5.98. The Labute approximate surface area is 110 Å². The first-order valence-corrected chi connectivity index (χ1v) is 7.33. The van der Waals surface area contributed by atoms with Crippen LogP contribution < -0.4 is 5.32 Å². The third-order valence-corrected chi connectivity index (χ3v) is 4.69. The van der Waals surface area contributed by atoms with Crippen LogP contribution in [0.2, 0.25) is 0 Å². The predicted octanol–water partition coefficient (Wildman–Crippen LogP) is 2.47. The molecule has 98 valence electrons. The molecule has 0 aliphatic carbocycles. The van der Waals surface area contributed by atoms with Gasteiger partial charge in [-0.1, -0.05) is 37.3 Å². The molecule has 18 heavy (non-hydrogen) atoms. The van der Waals surface area contributed by atoms with Gasteiger partial charge in [0.2, 0.25) is 0 Å². The van der Waals surface area contributed by atoms with Gasteiger partial charge in [0.25, 0.3) is 0 Å². The number of nitrogens with zero attached hydrogens (tertiary/aromatic N) is 1. The van der Waals surface area contributed by atoms with Crippen molar-refractivity contribution in [3.8, 4) is 0 Å². The van der Waals surface area contributed by atoms with Gasteiger partial charge in [-0.2, -0.15) is 0 Å². The molecular formula is C16H24N2. The van der Waals surface area contributed by atoms with Crippen LogP contribution in [0.5, 0.6) is 0 Å². The topological polar surface area (TPSA) is 15.3 Å². The van der Waals surface area contributed by atoms with Crippen molar-refractivity contribution in [3.05, 3.63) is 35.9 Å². The van der Waals surface area contributed by atoms with Gasteiger partial charge in [0.1, 0.15) is 0 Å². The van der Waals surface area contributed by atoms with E-state index < -0.39 is 0 Å². The minimum Gasteiger partial charge on any atom is -0.312 e. The third kappa shape index (κ3) is 2.60. The lowest BCUT2D eigenvalue weighted by Crippen LogP contribution is -2.39. The zero-order valence-electron chi connectivity index (χ0n) is 11.3. The third-order valence-electron chi connectivity index (χ3n) is 4.69. The number of benzene rings is 1. The number of rotatable bonds is 3. The molecule has 3 rings (SSSR count). The van der Waals surface area contributed by atoms with Crippen LogP contribution in [0, 0.1) is 5.92 Å². The highest BCUT2D eigenvalue weighted by molar-refractivity contribution is 5.21. The molecular weight excluding hydrogens is 220 g/mol. The molecule has 2 saturated heterocycles. The Kier molecular flexibility index (Phi) is 3.67. The van der Waals surface area contributed by atoms with E-state index in [0.29, 0.717) is 0 Å². The normalized spacial score (nSPS) is 33.1. The first kappa shape index (κ1) is 12.2. The highest BCUT2D eigenvalue weighted by Crippen LogP contribution is 2.28. The number of nitrogens with one attached hydrogen (secondary N) is 1. The second-order valence-corrected chi connectivity index (χ2v) is 5.98. The molecule has 2 heteroatoms. The molecule has 0 spiro atoms. The molecule has 0 radical (unpaired) electrons. The summed E-state index contributed by atoms with van der Waals surface area (Å²) in [5.41, 5.74) is 1.52. The Morgan fingerprint density at radius 1 is 1.22 bits per heavy atom. The van der Waals surface area contributed by atoms with E-state index in [2.05, 4.69) is 47.5 Å². The highest BCUT2D eigenvalue weighted by Gasteiger charge is 2.29. The first-order valence-electron chi connectivity index (χ1n) is 7.33. The fourth-order valence-corrected chi connectivity index (χ4v) is 3.42. The Morgan fingerprint density at radius 3 is 2.78 bits per heavy atom. The van der Waals surface area contributed by atoms with Gasteiger partial charge in [0.05, 0.1) is 0 Å². The molecule has 0 bridgehead atoms. The lowest BCUT2D eigenvalue weighted by Gasteiger charge is -2.23. The maximum absolute atomic E-state index is 3.65. The molecule has 2 nitrogen and oxygen atoms in total. The summed E-state index contributed by atoms with van der Waals surface area (Å²) in [5.74, 6) is 1.60. The summed E-state index contributed by atoms with van der Waals surface area (Å²) in [5, 5.41) is 3.65. The molecule has 1 N–H and O–H groups in total. The largest absolute Gasteiger partial charge is 0.312 e. The van der Waals surface area contributed by atoms with Crippen molar-refractivity contribution in [2.24, 2.45) is 5.92 Å². The molecule has 2 heterocycles. The summed E-state index contributed by atoms with van der Waals surface area (Å²) in [7, 11) is 0. The summed E-state index contributed by atoms with van der Waals surface area (Å²) in [6, 6.07) is 11.7. The molecule has 2 fully saturated rings. The minimum atomic E-state index is 0.722. The van der Waals surface area contributed by atoms with Crippen LogP contribution in [-0.4, -0.2) is 37.1 Å². The summed E-state index contributed by atoms with van der Waals surface area (Å²) in [4.78, 5) is 2.65. The van der Waals surface area contributed by atoms with Gasteiger partial charge >= 0.3 is 0 Å². The SMILES string of the molecule is CC1CCNC1CN1CCC(c2ccccc2)C1. The van der Waals surface area contributed by atoms with Crippen molar-refractivity contribution < 1.29 is 0 Å². The summed E-state index contributed by atoms with van der Waals surface area (Å²) >= 11 is 0. The maximum Gasteiger partial charge on any atom is 0.0221 e. The van der Waals surface area contributed by atoms with Gasteiger partial charge in [0.15, 0.2) is 0 Å². The molecule has 0 aromatic heterocycles. The van der Waals surface area contributed by atoms with Crippen molar-refractivity contribution in [3.63, 3.8) is 0 Å². The van der Waals surface area contributed by atoms with Gasteiger partial charge in [-0.05, 0) is 43.3 Å². The van der Waals surface area contributed by atoms with Crippen molar-refractivity contribution >= 4 is 0 Å². The Balaban J connectivity index is 1.55. The highest BCUT2D eigenvalue weighted by atomic mass is 15.2. The van der Waals surface area contributed by atoms with Gasteiger partial charge in [-0.15, -0.1) is 0 Å². The van der Waals surface area contributed by atoms with Crippen molar-refractivity contribution in [1.29, 1.82) is 0 Å². The van der Waals surface area contributed by atoms with Gasteiger partial charge in [-0.25, -0.2) is 0 Å². The van der Waals surface area contributed by atoms with E-state index in [1.54, 1.807) is 0 Å². The fourth-order valence-electron chi connectivity index (χ4n) is 3.42. The van der Waals surface area contributed by atoms with Crippen LogP contribution in [0.25, 0.3) is 0 Å². The number of likely N-dealkylation sites (tertiary alicyclic amines) is 1. The number of hydrogen-bond donors (Lipinski definition) is 1. The molecule has 3 unspecified atom stereocenters. The lowest BCUT2D eigenvalue weighted by molar-refractivity contribution is 0.277. The van der Waals surface area contributed by atoms with Crippen LogP contribution in [0.3, 0.4) is 0 Å². The van der Waals surface area contributed by atoms with E-state index in [9.17, 15) is 0 Å². The van der Waals surface area contributed by atoms with Crippen molar-refractivity contribution in [1.82, 2.24) is 10.2 Å². The van der Waals surface area contributed by atoms with Gasteiger partial charge < -0.3 is 10.2 Å². The Morgan fingerprint density at radius 2 is 2.06 bits per heavy atom. The van der Waals surface area contributed by atoms with Crippen LogP contribution >= 0.6 is 0 Å².